The first-order valence-corrected chi connectivity index (χ1v) is 6.59. The minimum Gasteiger partial charge on any atom is -0.479 e. The van der Waals surface area contributed by atoms with Crippen LogP contribution in [0.25, 0.3) is 0 Å². The Labute approximate surface area is 118 Å². The van der Waals surface area contributed by atoms with Crippen molar-refractivity contribution in [3.63, 3.8) is 0 Å². The molecule has 3 heteroatoms. The van der Waals surface area contributed by atoms with E-state index in [-0.39, 0.29) is 0 Å². The minimum atomic E-state index is -0.927. The lowest BCUT2D eigenvalue weighted by molar-refractivity contribution is -0.151. The van der Waals surface area contributed by atoms with Gasteiger partial charge < -0.3 is 9.84 Å². The van der Waals surface area contributed by atoms with Crippen LogP contribution in [0.15, 0.2) is 54.6 Å². The van der Waals surface area contributed by atoms with Crippen molar-refractivity contribution in [2.45, 2.75) is 26.1 Å². The first-order chi connectivity index (χ1) is 9.66. The van der Waals surface area contributed by atoms with Crippen molar-refractivity contribution in [2.24, 2.45) is 0 Å². The van der Waals surface area contributed by atoms with E-state index >= 15 is 0 Å². The Balaban J connectivity index is 2.01. The van der Waals surface area contributed by atoms with Gasteiger partial charge in [-0.3, -0.25) is 0 Å². The molecule has 1 atom stereocenters. The zero-order chi connectivity index (χ0) is 14.4. The number of rotatable bonds is 6. The number of benzene rings is 2. The quantitative estimate of drug-likeness (QED) is 0.876. The second kappa shape index (κ2) is 6.87. The van der Waals surface area contributed by atoms with Gasteiger partial charge in [0.15, 0.2) is 6.10 Å². The van der Waals surface area contributed by atoms with Crippen LogP contribution in [-0.2, 0) is 22.6 Å². The van der Waals surface area contributed by atoms with E-state index in [1.165, 1.54) is 0 Å². The molecule has 2 rings (SSSR count). The molecule has 2 aromatic carbocycles. The Hall–Kier alpha value is -2.13. The van der Waals surface area contributed by atoms with Crippen LogP contribution in [-0.4, -0.2) is 17.2 Å². The normalized spacial score (nSPS) is 12.1. The molecule has 0 spiro atoms. The molecule has 1 N–H and O–H groups in total. The van der Waals surface area contributed by atoms with Gasteiger partial charge in [-0.25, -0.2) is 4.79 Å². The molecule has 0 aliphatic carbocycles. The van der Waals surface area contributed by atoms with E-state index in [0.717, 1.165) is 16.7 Å². The lowest BCUT2D eigenvalue weighted by Crippen LogP contribution is -2.26. The smallest absolute Gasteiger partial charge is 0.333 e. The maximum atomic E-state index is 11.3. The number of ether oxygens (including phenoxy) is 1. The van der Waals surface area contributed by atoms with Crippen LogP contribution in [0.3, 0.4) is 0 Å². The molecule has 104 valence electrons. The third-order valence-corrected chi connectivity index (χ3v) is 3.24. The maximum absolute atomic E-state index is 11.3. The van der Waals surface area contributed by atoms with Gasteiger partial charge in [0.2, 0.25) is 0 Å². The summed E-state index contributed by atoms with van der Waals surface area (Å²) in [4.78, 5) is 11.3. The molecule has 0 aliphatic rings. The van der Waals surface area contributed by atoms with Crippen molar-refractivity contribution >= 4 is 5.97 Å². The van der Waals surface area contributed by atoms with Crippen LogP contribution in [0, 0.1) is 6.92 Å². The summed E-state index contributed by atoms with van der Waals surface area (Å²) >= 11 is 0. The van der Waals surface area contributed by atoms with Crippen molar-refractivity contribution < 1.29 is 14.6 Å². The molecular formula is C17H18O3. The summed E-state index contributed by atoms with van der Waals surface area (Å²) in [5, 5.41) is 9.28. The average molecular weight is 270 g/mol. The Kier molecular flexibility index (Phi) is 4.91. The van der Waals surface area contributed by atoms with Gasteiger partial charge in [-0.05, 0) is 23.6 Å². The molecule has 1 unspecified atom stereocenters. The zero-order valence-electron chi connectivity index (χ0n) is 11.5. The van der Waals surface area contributed by atoms with Gasteiger partial charge in [-0.1, -0.05) is 54.6 Å². The van der Waals surface area contributed by atoms with Gasteiger partial charge in [0, 0.05) is 6.42 Å². The van der Waals surface area contributed by atoms with Gasteiger partial charge in [0.1, 0.15) is 0 Å². The number of aryl methyl sites for hydroxylation is 1. The van der Waals surface area contributed by atoms with Gasteiger partial charge in [0.25, 0.3) is 0 Å². The number of hydrogen-bond donors (Lipinski definition) is 1. The monoisotopic (exact) mass is 270 g/mol. The standard InChI is InChI=1S/C17H18O3/c1-13-7-5-6-10-15(13)11-16(17(18)19)20-12-14-8-3-2-4-9-14/h2-10,16H,11-12H2,1H3,(H,18,19). The summed E-state index contributed by atoms with van der Waals surface area (Å²) in [7, 11) is 0. The second-order valence-corrected chi connectivity index (χ2v) is 4.75. The van der Waals surface area contributed by atoms with Crippen LogP contribution in [0.5, 0.6) is 0 Å². The van der Waals surface area contributed by atoms with Crippen LogP contribution in [0.4, 0.5) is 0 Å². The Morgan fingerprint density at radius 3 is 2.40 bits per heavy atom. The summed E-state index contributed by atoms with van der Waals surface area (Å²) < 4.78 is 5.55. The summed E-state index contributed by atoms with van der Waals surface area (Å²) in [6.45, 7) is 2.29. The van der Waals surface area contributed by atoms with Crippen LogP contribution in [0.2, 0.25) is 0 Å². The molecule has 0 heterocycles. The van der Waals surface area contributed by atoms with Crippen molar-refractivity contribution in [1.82, 2.24) is 0 Å². The average Bonchev–Trinajstić information content (AvgIpc) is 2.46. The number of carbonyl (C=O) groups is 1. The van der Waals surface area contributed by atoms with Gasteiger partial charge in [-0.2, -0.15) is 0 Å². The lowest BCUT2D eigenvalue weighted by atomic mass is 10.0. The molecular weight excluding hydrogens is 252 g/mol. The first kappa shape index (κ1) is 14.3. The Morgan fingerprint density at radius 2 is 1.75 bits per heavy atom. The highest BCUT2D eigenvalue weighted by molar-refractivity contribution is 5.72. The molecule has 0 aliphatic heterocycles. The molecule has 0 fully saturated rings. The van der Waals surface area contributed by atoms with Crippen LogP contribution < -0.4 is 0 Å². The fraction of sp³-hybridized carbons (Fsp3) is 0.235. The molecule has 20 heavy (non-hydrogen) atoms. The number of hydrogen-bond acceptors (Lipinski definition) is 2. The fourth-order valence-corrected chi connectivity index (χ4v) is 2.03. The third-order valence-electron chi connectivity index (χ3n) is 3.24. The Bertz CT molecular complexity index is 563. The molecule has 0 amide bonds. The van der Waals surface area contributed by atoms with E-state index in [0.29, 0.717) is 13.0 Å². The molecule has 0 saturated carbocycles. The fourth-order valence-electron chi connectivity index (χ4n) is 2.03. The second-order valence-electron chi connectivity index (χ2n) is 4.75. The van der Waals surface area contributed by atoms with Crippen molar-refractivity contribution in [2.75, 3.05) is 0 Å². The van der Waals surface area contributed by atoms with Gasteiger partial charge in [0.05, 0.1) is 6.61 Å². The highest BCUT2D eigenvalue weighted by atomic mass is 16.5. The third kappa shape index (κ3) is 3.93. The molecule has 3 nitrogen and oxygen atoms in total. The van der Waals surface area contributed by atoms with Crippen molar-refractivity contribution in [1.29, 1.82) is 0 Å². The predicted octanol–water partition coefficient (Wildman–Crippen LogP) is 3.21. The Morgan fingerprint density at radius 1 is 1.10 bits per heavy atom. The predicted molar refractivity (Wildman–Crippen MR) is 77.5 cm³/mol. The van der Waals surface area contributed by atoms with Gasteiger partial charge in [-0.15, -0.1) is 0 Å². The van der Waals surface area contributed by atoms with E-state index in [9.17, 15) is 9.90 Å². The van der Waals surface area contributed by atoms with E-state index in [4.69, 9.17) is 4.74 Å². The van der Waals surface area contributed by atoms with E-state index in [1.807, 2.05) is 61.5 Å². The molecule has 0 bridgehead atoms. The molecule has 0 saturated heterocycles. The lowest BCUT2D eigenvalue weighted by Gasteiger charge is -2.15. The zero-order valence-corrected chi connectivity index (χ0v) is 11.5. The topological polar surface area (TPSA) is 46.5 Å². The number of aliphatic carboxylic acids is 1. The summed E-state index contributed by atoms with van der Waals surface area (Å²) in [5.41, 5.74) is 3.07. The SMILES string of the molecule is Cc1ccccc1CC(OCc1ccccc1)C(=O)O. The number of carboxylic acids is 1. The minimum absolute atomic E-state index is 0.309. The molecule has 2 aromatic rings. The molecule has 0 aromatic heterocycles. The van der Waals surface area contributed by atoms with E-state index in [2.05, 4.69) is 0 Å². The van der Waals surface area contributed by atoms with E-state index in [1.54, 1.807) is 0 Å². The van der Waals surface area contributed by atoms with E-state index < -0.39 is 12.1 Å². The summed E-state index contributed by atoms with van der Waals surface area (Å²) in [6.07, 6.45) is -0.439. The first-order valence-electron chi connectivity index (χ1n) is 6.59. The van der Waals surface area contributed by atoms with Crippen LogP contribution >= 0.6 is 0 Å². The summed E-state index contributed by atoms with van der Waals surface area (Å²) in [5.74, 6) is -0.927. The maximum Gasteiger partial charge on any atom is 0.333 e. The largest absolute Gasteiger partial charge is 0.479 e. The number of carboxylic acid groups (broad SMARTS) is 1. The van der Waals surface area contributed by atoms with Crippen LogP contribution in [0.1, 0.15) is 16.7 Å². The summed E-state index contributed by atoms with van der Waals surface area (Å²) in [6, 6.07) is 17.4. The highest BCUT2D eigenvalue weighted by Crippen LogP contribution is 2.13. The van der Waals surface area contributed by atoms with Crippen molar-refractivity contribution in [3.8, 4) is 0 Å². The van der Waals surface area contributed by atoms with Gasteiger partial charge >= 0.3 is 5.97 Å². The molecule has 0 radical (unpaired) electrons. The highest BCUT2D eigenvalue weighted by Gasteiger charge is 2.19. The van der Waals surface area contributed by atoms with Crippen molar-refractivity contribution in [3.05, 3.63) is 71.3 Å².